The molecule has 1 fully saturated rings. The smallest absolute Gasteiger partial charge is 0.223 e. The third-order valence-electron chi connectivity index (χ3n) is 6.98. The normalized spacial score (nSPS) is 16.4. The molecule has 0 amide bonds. The van der Waals surface area contributed by atoms with E-state index in [2.05, 4.69) is 49.5 Å². The van der Waals surface area contributed by atoms with Gasteiger partial charge < -0.3 is 10.6 Å². The summed E-state index contributed by atoms with van der Waals surface area (Å²) in [6, 6.07) is 15.9. The lowest BCUT2D eigenvalue weighted by molar-refractivity contribution is 0.478. The number of aryl methyl sites for hydroxylation is 1. The van der Waals surface area contributed by atoms with Crippen LogP contribution < -0.4 is 15.4 Å². The fourth-order valence-corrected chi connectivity index (χ4v) is 6.26. The lowest BCUT2D eigenvalue weighted by Gasteiger charge is -2.23. The maximum Gasteiger partial charge on any atom is 0.223 e. The Hall–Kier alpha value is -3.60. The number of nitrogens with one attached hydrogen (secondary N) is 3. The van der Waals surface area contributed by atoms with Gasteiger partial charge in [0.25, 0.3) is 0 Å². The molecule has 1 aliphatic heterocycles. The molecule has 2 aromatic carbocycles. The van der Waals surface area contributed by atoms with Crippen molar-refractivity contribution in [3.8, 4) is 11.3 Å². The summed E-state index contributed by atoms with van der Waals surface area (Å²) in [4.78, 5) is 13.8. The molecule has 0 bridgehead atoms. The molecule has 4 heterocycles. The molecule has 2 atom stereocenters. The second-order valence-electron chi connectivity index (χ2n) is 9.62. The molecule has 3 N–H and O–H groups in total. The molecule has 0 aliphatic carbocycles. The number of hydrogen-bond acceptors (Lipinski definition) is 7. The van der Waals surface area contributed by atoms with E-state index in [1.165, 1.54) is 6.33 Å². The Morgan fingerprint density at radius 3 is 2.87 bits per heavy atom. The summed E-state index contributed by atoms with van der Waals surface area (Å²) < 4.78 is 17.7. The van der Waals surface area contributed by atoms with Crippen LogP contribution in [0.1, 0.15) is 30.9 Å². The molecule has 2 unspecified atom stereocenters. The second kappa shape index (κ2) is 11.3. The number of halogens is 1. The summed E-state index contributed by atoms with van der Waals surface area (Å²) in [7, 11) is -1.42. The van der Waals surface area contributed by atoms with E-state index in [0.29, 0.717) is 22.8 Å². The molecule has 5 aromatic rings. The van der Waals surface area contributed by atoms with Gasteiger partial charge in [0, 0.05) is 34.8 Å². The number of nitrogens with zero attached hydrogens (tertiary/aromatic N) is 5. The van der Waals surface area contributed by atoms with Gasteiger partial charge in [0.05, 0.1) is 17.0 Å². The van der Waals surface area contributed by atoms with E-state index in [9.17, 15) is 4.21 Å². The average molecular weight is 561 g/mol. The first-order valence-electron chi connectivity index (χ1n) is 13.1. The first kappa shape index (κ1) is 25.7. The zero-order valence-electron chi connectivity index (χ0n) is 21.5. The van der Waals surface area contributed by atoms with E-state index in [1.807, 2.05) is 41.0 Å². The van der Waals surface area contributed by atoms with Gasteiger partial charge in [-0.15, -0.1) is 0 Å². The van der Waals surface area contributed by atoms with Gasteiger partial charge in [-0.1, -0.05) is 36.7 Å². The Kier molecular flexibility index (Phi) is 7.40. The third-order valence-corrected chi connectivity index (χ3v) is 8.34. The molecule has 9 nitrogen and oxygen atoms in total. The van der Waals surface area contributed by atoms with Crippen LogP contribution in [0.15, 0.2) is 61.1 Å². The van der Waals surface area contributed by atoms with E-state index in [0.717, 1.165) is 71.2 Å². The standard InChI is InChI=1S/C28H29ClN8OS/c1-2-18-12-20(13-21-14-31-28(35-26(18)21)34-22-7-5-11-30-15-22)24-9-10-25-27(32-17-33-37(24)25)36-39(38)16-19-6-3-4-8-23(19)29/h3-4,6,8-10,12-14,17,22,30H,2,5,7,11,15-16H2,1H3,(H,31,34,35)(H,32,33,36). The van der Waals surface area contributed by atoms with Crippen molar-refractivity contribution in [1.82, 2.24) is 29.9 Å². The van der Waals surface area contributed by atoms with Crippen molar-refractivity contribution in [2.45, 2.75) is 38.0 Å². The molecular formula is C28H29ClN8OS. The van der Waals surface area contributed by atoms with Gasteiger partial charge in [0.1, 0.15) is 22.8 Å². The molecule has 3 aromatic heterocycles. The lowest BCUT2D eigenvalue weighted by Crippen LogP contribution is -2.38. The first-order valence-corrected chi connectivity index (χ1v) is 14.8. The topological polar surface area (TPSA) is 109 Å². The molecule has 39 heavy (non-hydrogen) atoms. The summed E-state index contributed by atoms with van der Waals surface area (Å²) in [5.41, 5.74) is 5.54. The zero-order chi connectivity index (χ0) is 26.8. The van der Waals surface area contributed by atoms with Gasteiger partial charge in [0.15, 0.2) is 5.82 Å². The van der Waals surface area contributed by atoms with Crippen LogP contribution in [0.4, 0.5) is 11.8 Å². The number of benzene rings is 2. The summed E-state index contributed by atoms with van der Waals surface area (Å²) >= 11 is 6.25. The SMILES string of the molecule is CCc1cc(-c2ccc3c(NS(=O)Cc4ccccc4Cl)ncnn23)cc2cnc(NC3CCCNC3)nc12. The maximum atomic E-state index is 12.9. The largest absolute Gasteiger partial charge is 0.350 e. The van der Waals surface area contributed by atoms with E-state index in [4.69, 9.17) is 16.6 Å². The van der Waals surface area contributed by atoms with E-state index in [1.54, 1.807) is 6.07 Å². The predicted octanol–water partition coefficient (Wildman–Crippen LogP) is 5.00. The van der Waals surface area contributed by atoms with Gasteiger partial charge in [-0.25, -0.2) is 23.7 Å². The van der Waals surface area contributed by atoms with Gasteiger partial charge in [-0.2, -0.15) is 5.10 Å². The Balaban J connectivity index is 1.29. The molecule has 0 radical (unpaired) electrons. The minimum absolute atomic E-state index is 0.266. The Bertz CT molecular complexity index is 1670. The number of anilines is 2. The molecule has 6 rings (SSSR count). The molecule has 1 aliphatic rings. The highest BCUT2D eigenvalue weighted by Gasteiger charge is 2.17. The highest BCUT2D eigenvalue weighted by Crippen LogP contribution is 2.30. The summed E-state index contributed by atoms with van der Waals surface area (Å²) in [5.74, 6) is 1.43. The van der Waals surface area contributed by atoms with Crippen LogP contribution in [0.3, 0.4) is 0 Å². The quantitative estimate of drug-likeness (QED) is 0.245. The van der Waals surface area contributed by atoms with Crippen LogP contribution in [-0.4, -0.2) is 47.9 Å². The van der Waals surface area contributed by atoms with Crippen molar-refractivity contribution in [2.24, 2.45) is 0 Å². The molecule has 11 heteroatoms. The molecule has 200 valence electrons. The molecule has 1 saturated heterocycles. The summed E-state index contributed by atoms with van der Waals surface area (Å²) in [5, 5.41) is 13.0. The minimum Gasteiger partial charge on any atom is -0.350 e. The highest BCUT2D eigenvalue weighted by molar-refractivity contribution is 7.85. The Morgan fingerprint density at radius 2 is 2.05 bits per heavy atom. The third kappa shape index (κ3) is 5.45. The number of aromatic nitrogens is 5. The van der Waals surface area contributed by atoms with Crippen molar-refractivity contribution in [1.29, 1.82) is 0 Å². The van der Waals surface area contributed by atoms with Crippen LogP contribution in [-0.2, 0) is 23.2 Å². The van der Waals surface area contributed by atoms with E-state index >= 15 is 0 Å². The van der Waals surface area contributed by atoms with Crippen LogP contribution in [0, 0.1) is 0 Å². The van der Waals surface area contributed by atoms with Crippen LogP contribution in [0.5, 0.6) is 0 Å². The van der Waals surface area contributed by atoms with Crippen LogP contribution in [0.2, 0.25) is 5.02 Å². The second-order valence-corrected chi connectivity index (χ2v) is 11.2. The molecule has 0 spiro atoms. The van der Waals surface area contributed by atoms with Crippen molar-refractivity contribution < 1.29 is 4.21 Å². The van der Waals surface area contributed by atoms with Gasteiger partial charge >= 0.3 is 0 Å². The maximum absolute atomic E-state index is 12.9. The average Bonchev–Trinajstić information content (AvgIpc) is 3.40. The van der Waals surface area contributed by atoms with Gasteiger partial charge in [-0.3, -0.25) is 4.72 Å². The van der Waals surface area contributed by atoms with Crippen molar-refractivity contribution in [3.63, 3.8) is 0 Å². The van der Waals surface area contributed by atoms with Gasteiger partial charge in [-0.05, 0) is 67.3 Å². The van der Waals surface area contributed by atoms with Crippen LogP contribution in [0.25, 0.3) is 27.7 Å². The lowest BCUT2D eigenvalue weighted by atomic mass is 10.0. The first-order chi connectivity index (χ1) is 19.1. The van der Waals surface area contributed by atoms with E-state index < -0.39 is 11.0 Å². The van der Waals surface area contributed by atoms with Crippen molar-refractivity contribution in [2.75, 3.05) is 23.1 Å². The number of rotatable bonds is 8. The van der Waals surface area contributed by atoms with Crippen molar-refractivity contribution >= 4 is 50.8 Å². The molecular weight excluding hydrogens is 532 g/mol. The van der Waals surface area contributed by atoms with Crippen LogP contribution >= 0.6 is 11.6 Å². The highest BCUT2D eigenvalue weighted by atomic mass is 35.5. The Labute approximate surface area is 234 Å². The number of hydrogen-bond donors (Lipinski definition) is 3. The number of piperidine rings is 1. The fraction of sp³-hybridized carbons (Fsp3) is 0.286. The zero-order valence-corrected chi connectivity index (χ0v) is 23.1. The number of fused-ring (bicyclic) bond motifs is 2. The predicted molar refractivity (Wildman–Crippen MR) is 157 cm³/mol. The summed E-state index contributed by atoms with van der Waals surface area (Å²) in [6.45, 7) is 4.12. The monoisotopic (exact) mass is 560 g/mol. The summed E-state index contributed by atoms with van der Waals surface area (Å²) in [6.07, 6.45) is 6.45. The van der Waals surface area contributed by atoms with E-state index in [-0.39, 0.29) is 5.75 Å². The Morgan fingerprint density at radius 1 is 1.15 bits per heavy atom. The molecule has 0 saturated carbocycles. The minimum atomic E-state index is -1.42. The van der Waals surface area contributed by atoms with Gasteiger partial charge in [0.2, 0.25) is 5.95 Å². The fourth-order valence-electron chi connectivity index (χ4n) is 5.00. The van der Waals surface area contributed by atoms with Crippen molar-refractivity contribution in [3.05, 3.63) is 77.2 Å².